The minimum Gasteiger partial charge on any atom is -0.452 e. The van der Waals surface area contributed by atoms with Gasteiger partial charge in [0.05, 0.1) is 17.0 Å². The molecule has 3 aromatic rings. The van der Waals surface area contributed by atoms with Crippen molar-refractivity contribution in [3.05, 3.63) is 69.8 Å². The number of benzene rings is 2. The number of aryl methyl sites for hydroxylation is 2. The molecule has 2 aromatic carbocycles. The number of anilines is 1. The van der Waals surface area contributed by atoms with Gasteiger partial charge in [-0.2, -0.15) is 4.98 Å². The van der Waals surface area contributed by atoms with Crippen LogP contribution in [0.3, 0.4) is 0 Å². The molecule has 0 fully saturated rings. The molecule has 29 heavy (non-hydrogen) atoms. The normalized spacial score (nSPS) is 10.6. The first kappa shape index (κ1) is 21.1. The van der Waals surface area contributed by atoms with E-state index in [-0.39, 0.29) is 6.61 Å². The Kier molecular flexibility index (Phi) is 7.05. The second-order valence-electron chi connectivity index (χ2n) is 6.13. The van der Waals surface area contributed by atoms with Gasteiger partial charge < -0.3 is 14.6 Å². The van der Waals surface area contributed by atoms with Crippen LogP contribution < -0.4 is 5.32 Å². The molecular weight excluding hydrogens is 458 g/mol. The molecule has 9 heteroatoms. The average molecular weight is 476 g/mol. The topological polar surface area (TPSA) is 94.3 Å². The third kappa shape index (κ3) is 5.91. The highest BCUT2D eigenvalue weighted by molar-refractivity contribution is 9.10. The van der Waals surface area contributed by atoms with E-state index in [0.717, 1.165) is 10.0 Å². The van der Waals surface area contributed by atoms with Crippen molar-refractivity contribution < 1.29 is 18.8 Å². The number of esters is 1. The Labute approximate surface area is 180 Å². The number of nitrogens with zero attached hydrogens (tertiary/aromatic N) is 2. The summed E-state index contributed by atoms with van der Waals surface area (Å²) in [6, 6.07) is 12.6. The van der Waals surface area contributed by atoms with Crippen LogP contribution in [0.15, 0.2) is 56.4 Å². The Morgan fingerprint density at radius 1 is 1.21 bits per heavy atom. The van der Waals surface area contributed by atoms with Crippen LogP contribution in [-0.4, -0.2) is 28.6 Å². The van der Waals surface area contributed by atoms with Crippen molar-refractivity contribution in [1.29, 1.82) is 0 Å². The lowest BCUT2D eigenvalue weighted by atomic mass is 10.2. The van der Waals surface area contributed by atoms with Crippen molar-refractivity contribution >= 4 is 45.3 Å². The number of halogens is 1. The van der Waals surface area contributed by atoms with E-state index in [2.05, 4.69) is 31.4 Å². The van der Waals surface area contributed by atoms with Crippen LogP contribution in [0.2, 0.25) is 0 Å². The summed E-state index contributed by atoms with van der Waals surface area (Å²) in [5, 5.41) is 6.45. The summed E-state index contributed by atoms with van der Waals surface area (Å²) in [7, 11) is 0. The largest absolute Gasteiger partial charge is 0.452 e. The van der Waals surface area contributed by atoms with Gasteiger partial charge in [0.2, 0.25) is 5.89 Å². The lowest BCUT2D eigenvalue weighted by molar-refractivity contribution is -0.119. The second-order valence-corrected chi connectivity index (χ2v) is 8.00. The minimum absolute atomic E-state index is 0.373. The summed E-state index contributed by atoms with van der Waals surface area (Å²) < 4.78 is 11.0. The van der Waals surface area contributed by atoms with Crippen molar-refractivity contribution in [1.82, 2.24) is 10.1 Å². The quantitative estimate of drug-likeness (QED) is 0.395. The van der Waals surface area contributed by atoms with Gasteiger partial charge in [0.25, 0.3) is 5.91 Å². The number of amides is 1. The Morgan fingerprint density at radius 2 is 2.00 bits per heavy atom. The van der Waals surface area contributed by atoms with Crippen molar-refractivity contribution in [2.75, 3.05) is 11.9 Å². The number of aromatic nitrogens is 2. The van der Waals surface area contributed by atoms with Crippen LogP contribution in [0.5, 0.6) is 0 Å². The Bertz CT molecular complexity index is 1040. The van der Waals surface area contributed by atoms with Gasteiger partial charge in [-0.15, -0.1) is 11.8 Å². The molecule has 0 saturated heterocycles. The van der Waals surface area contributed by atoms with Crippen LogP contribution in [0, 0.1) is 13.8 Å². The average Bonchev–Trinajstić information content (AvgIpc) is 3.12. The summed E-state index contributed by atoms with van der Waals surface area (Å²) in [6.45, 7) is 3.30. The summed E-state index contributed by atoms with van der Waals surface area (Å²) in [6.07, 6.45) is 0. The highest BCUT2D eigenvalue weighted by atomic mass is 79.9. The molecule has 0 bridgehead atoms. The fraction of sp³-hybridized carbons (Fsp3) is 0.200. The molecule has 1 heterocycles. The lowest BCUT2D eigenvalue weighted by Gasteiger charge is -2.10. The number of hydrogen-bond acceptors (Lipinski definition) is 7. The lowest BCUT2D eigenvalue weighted by Crippen LogP contribution is -2.21. The zero-order chi connectivity index (χ0) is 20.8. The Morgan fingerprint density at radius 3 is 2.72 bits per heavy atom. The van der Waals surface area contributed by atoms with Crippen LogP contribution in [0.25, 0.3) is 0 Å². The van der Waals surface area contributed by atoms with Gasteiger partial charge in [0.15, 0.2) is 12.4 Å². The molecule has 1 N–H and O–H groups in total. The van der Waals surface area contributed by atoms with E-state index < -0.39 is 11.9 Å². The molecule has 1 amide bonds. The number of carbonyl (C=O) groups is 2. The summed E-state index contributed by atoms with van der Waals surface area (Å²) in [5.41, 5.74) is 2.05. The molecule has 1 aromatic heterocycles. The van der Waals surface area contributed by atoms with E-state index in [1.54, 1.807) is 31.2 Å². The number of carbonyl (C=O) groups excluding carboxylic acids is 2. The molecule has 0 saturated carbocycles. The first-order valence-corrected chi connectivity index (χ1v) is 10.4. The van der Waals surface area contributed by atoms with Crippen molar-refractivity contribution in [2.24, 2.45) is 0 Å². The van der Waals surface area contributed by atoms with E-state index >= 15 is 0 Å². The number of rotatable bonds is 7. The fourth-order valence-electron chi connectivity index (χ4n) is 2.42. The highest BCUT2D eigenvalue weighted by Crippen LogP contribution is 2.26. The zero-order valence-corrected chi connectivity index (χ0v) is 18.2. The van der Waals surface area contributed by atoms with Crippen LogP contribution in [0.4, 0.5) is 5.69 Å². The number of hydrogen-bond donors (Lipinski definition) is 1. The molecule has 0 unspecified atom stereocenters. The van der Waals surface area contributed by atoms with Gasteiger partial charge in [-0.3, -0.25) is 4.79 Å². The van der Waals surface area contributed by atoms with E-state index in [0.29, 0.717) is 33.6 Å². The van der Waals surface area contributed by atoms with Gasteiger partial charge in [-0.25, -0.2) is 4.79 Å². The molecule has 0 aliphatic rings. The summed E-state index contributed by atoms with van der Waals surface area (Å²) >= 11 is 4.78. The Hall–Kier alpha value is -2.65. The van der Waals surface area contributed by atoms with E-state index in [4.69, 9.17) is 9.26 Å². The van der Waals surface area contributed by atoms with Crippen LogP contribution in [0.1, 0.15) is 27.6 Å². The SMILES string of the molecule is Cc1ccc(NC(=O)COC(=O)c2ccccc2SCc2nc(C)no2)c(Br)c1. The minimum atomic E-state index is -0.576. The first-order valence-electron chi connectivity index (χ1n) is 8.66. The van der Waals surface area contributed by atoms with E-state index in [1.165, 1.54) is 11.8 Å². The maximum atomic E-state index is 12.5. The fourth-order valence-corrected chi connectivity index (χ4v) is 3.89. The zero-order valence-electron chi connectivity index (χ0n) is 15.8. The summed E-state index contributed by atoms with van der Waals surface area (Å²) in [5.74, 6) is 0.452. The van der Waals surface area contributed by atoms with Gasteiger partial charge in [0.1, 0.15) is 0 Å². The van der Waals surface area contributed by atoms with Crippen molar-refractivity contribution in [3.63, 3.8) is 0 Å². The van der Waals surface area contributed by atoms with Gasteiger partial charge in [-0.1, -0.05) is 23.4 Å². The van der Waals surface area contributed by atoms with Crippen LogP contribution >= 0.6 is 27.7 Å². The molecule has 0 atom stereocenters. The third-order valence-corrected chi connectivity index (χ3v) is 5.48. The molecule has 0 aliphatic heterocycles. The number of ether oxygens (including phenoxy) is 1. The van der Waals surface area contributed by atoms with Crippen molar-refractivity contribution in [3.8, 4) is 0 Å². The maximum Gasteiger partial charge on any atom is 0.339 e. The molecule has 0 aliphatic carbocycles. The predicted molar refractivity (Wildman–Crippen MR) is 113 cm³/mol. The summed E-state index contributed by atoms with van der Waals surface area (Å²) in [4.78, 5) is 29.5. The Balaban J connectivity index is 1.58. The van der Waals surface area contributed by atoms with Crippen LogP contribution in [-0.2, 0) is 15.3 Å². The van der Waals surface area contributed by atoms with Gasteiger partial charge >= 0.3 is 5.97 Å². The predicted octanol–water partition coefficient (Wildman–Crippen LogP) is 4.54. The smallest absolute Gasteiger partial charge is 0.339 e. The van der Waals surface area contributed by atoms with Crippen molar-refractivity contribution in [2.45, 2.75) is 24.5 Å². The number of thioether (sulfide) groups is 1. The van der Waals surface area contributed by atoms with Gasteiger partial charge in [-0.05, 0) is 59.6 Å². The molecule has 7 nitrogen and oxygen atoms in total. The maximum absolute atomic E-state index is 12.5. The first-order chi connectivity index (χ1) is 13.9. The van der Waals surface area contributed by atoms with E-state index in [9.17, 15) is 9.59 Å². The standard InChI is InChI=1S/C20H18BrN3O4S/c1-12-7-8-16(15(21)9-12)23-18(25)10-27-20(26)14-5-3-4-6-17(14)29-11-19-22-13(2)24-28-19/h3-9H,10-11H2,1-2H3,(H,23,25). The molecule has 0 radical (unpaired) electrons. The molecular formula is C20H18BrN3O4S. The monoisotopic (exact) mass is 475 g/mol. The van der Waals surface area contributed by atoms with E-state index in [1.807, 2.05) is 25.1 Å². The molecule has 0 spiro atoms. The number of nitrogens with one attached hydrogen (secondary N) is 1. The second kappa shape index (κ2) is 9.71. The molecule has 3 rings (SSSR count). The molecule has 150 valence electrons. The highest BCUT2D eigenvalue weighted by Gasteiger charge is 2.16. The third-order valence-electron chi connectivity index (χ3n) is 3.76. The van der Waals surface area contributed by atoms with Gasteiger partial charge in [0, 0.05) is 9.37 Å².